The molecule has 0 radical (unpaired) electrons. The molecule has 0 amide bonds. The molecule has 1 unspecified atom stereocenters. The Bertz CT molecular complexity index is 480. The van der Waals surface area contributed by atoms with Gasteiger partial charge in [0.2, 0.25) is 0 Å². The van der Waals surface area contributed by atoms with E-state index in [2.05, 4.69) is 13.8 Å². The van der Waals surface area contributed by atoms with Gasteiger partial charge in [0.05, 0.1) is 0 Å². The van der Waals surface area contributed by atoms with Crippen molar-refractivity contribution in [2.75, 3.05) is 0 Å². The molecule has 1 aromatic rings. The molecule has 3 heteroatoms. The molecule has 0 saturated heterocycles. The van der Waals surface area contributed by atoms with Gasteiger partial charge in [-0.1, -0.05) is 32.8 Å². The van der Waals surface area contributed by atoms with Crippen LogP contribution in [0, 0.1) is 23.0 Å². The van der Waals surface area contributed by atoms with Crippen LogP contribution in [0.2, 0.25) is 0 Å². The summed E-state index contributed by atoms with van der Waals surface area (Å²) in [5.41, 5.74) is 0.582. The average molecular weight is 266 g/mol. The van der Waals surface area contributed by atoms with E-state index in [1.165, 1.54) is 12.5 Å². The third-order valence-corrected chi connectivity index (χ3v) is 4.26. The SMILES string of the molecule is CC1(C)CCCCC1C(=O)Cc1ccc(F)c(F)c1. The number of halogens is 2. The first-order valence-corrected chi connectivity index (χ1v) is 6.87. The molecular weight excluding hydrogens is 246 g/mol. The van der Waals surface area contributed by atoms with Crippen LogP contribution in [0.25, 0.3) is 0 Å². The lowest BCUT2D eigenvalue weighted by atomic mass is 9.66. The summed E-state index contributed by atoms with van der Waals surface area (Å²) >= 11 is 0. The summed E-state index contributed by atoms with van der Waals surface area (Å²) < 4.78 is 26.0. The van der Waals surface area contributed by atoms with Crippen LogP contribution in [-0.2, 0) is 11.2 Å². The van der Waals surface area contributed by atoms with Crippen molar-refractivity contribution in [3.63, 3.8) is 0 Å². The highest BCUT2D eigenvalue weighted by Crippen LogP contribution is 2.41. The quantitative estimate of drug-likeness (QED) is 0.797. The van der Waals surface area contributed by atoms with E-state index in [0.717, 1.165) is 31.4 Å². The van der Waals surface area contributed by atoms with E-state index in [0.29, 0.717) is 5.56 Å². The van der Waals surface area contributed by atoms with Gasteiger partial charge in [-0.05, 0) is 36.0 Å². The van der Waals surface area contributed by atoms with Crippen LogP contribution in [0.5, 0.6) is 0 Å². The highest BCUT2D eigenvalue weighted by atomic mass is 19.2. The summed E-state index contributed by atoms with van der Waals surface area (Å²) in [6.07, 6.45) is 4.42. The lowest BCUT2D eigenvalue weighted by molar-refractivity contribution is -0.127. The smallest absolute Gasteiger partial charge is 0.159 e. The fraction of sp³-hybridized carbons (Fsp3) is 0.562. The first kappa shape index (κ1) is 14.2. The van der Waals surface area contributed by atoms with Crippen LogP contribution >= 0.6 is 0 Å². The number of hydrogen-bond donors (Lipinski definition) is 0. The Hall–Kier alpha value is -1.25. The predicted octanol–water partition coefficient (Wildman–Crippen LogP) is 4.29. The maximum Gasteiger partial charge on any atom is 0.159 e. The molecule has 19 heavy (non-hydrogen) atoms. The highest BCUT2D eigenvalue weighted by molar-refractivity contribution is 5.84. The summed E-state index contributed by atoms with van der Waals surface area (Å²) in [4.78, 5) is 12.4. The molecule has 1 aliphatic rings. The molecule has 0 aliphatic heterocycles. The van der Waals surface area contributed by atoms with Gasteiger partial charge < -0.3 is 0 Å². The molecule has 1 atom stereocenters. The van der Waals surface area contributed by atoms with Crippen LogP contribution in [-0.4, -0.2) is 5.78 Å². The molecule has 2 rings (SSSR count). The van der Waals surface area contributed by atoms with Crippen molar-refractivity contribution < 1.29 is 13.6 Å². The maximum absolute atomic E-state index is 13.1. The second-order valence-corrected chi connectivity index (χ2v) is 6.18. The minimum Gasteiger partial charge on any atom is -0.299 e. The Morgan fingerprint density at radius 3 is 2.63 bits per heavy atom. The Balaban J connectivity index is 2.09. The molecule has 0 spiro atoms. The van der Waals surface area contributed by atoms with E-state index < -0.39 is 11.6 Å². The Labute approximate surface area is 113 Å². The van der Waals surface area contributed by atoms with Gasteiger partial charge in [0, 0.05) is 12.3 Å². The number of rotatable bonds is 3. The van der Waals surface area contributed by atoms with Gasteiger partial charge in [0.1, 0.15) is 5.78 Å². The van der Waals surface area contributed by atoms with E-state index in [1.807, 2.05) is 0 Å². The Kier molecular flexibility index (Phi) is 4.02. The third kappa shape index (κ3) is 3.20. The van der Waals surface area contributed by atoms with E-state index in [-0.39, 0.29) is 23.5 Å². The number of hydrogen-bond acceptors (Lipinski definition) is 1. The Morgan fingerprint density at radius 2 is 2.00 bits per heavy atom. The minimum atomic E-state index is -0.881. The van der Waals surface area contributed by atoms with Gasteiger partial charge in [-0.2, -0.15) is 0 Å². The fourth-order valence-electron chi connectivity index (χ4n) is 3.06. The van der Waals surface area contributed by atoms with Crippen LogP contribution < -0.4 is 0 Å². The number of carbonyl (C=O) groups is 1. The van der Waals surface area contributed by atoms with Crippen LogP contribution in [0.15, 0.2) is 18.2 Å². The lowest BCUT2D eigenvalue weighted by Crippen LogP contribution is -2.34. The minimum absolute atomic E-state index is 0.0217. The topological polar surface area (TPSA) is 17.1 Å². The van der Waals surface area contributed by atoms with Crippen molar-refractivity contribution in [3.05, 3.63) is 35.4 Å². The fourth-order valence-corrected chi connectivity index (χ4v) is 3.06. The molecule has 0 heterocycles. The van der Waals surface area contributed by atoms with Crippen molar-refractivity contribution in [1.29, 1.82) is 0 Å². The van der Waals surface area contributed by atoms with E-state index in [9.17, 15) is 13.6 Å². The highest BCUT2D eigenvalue weighted by Gasteiger charge is 2.36. The molecular formula is C16H20F2O. The van der Waals surface area contributed by atoms with Gasteiger partial charge in [0.15, 0.2) is 11.6 Å². The summed E-state index contributed by atoms with van der Waals surface area (Å²) in [5.74, 6) is -1.56. The molecule has 1 nitrogen and oxygen atoms in total. The van der Waals surface area contributed by atoms with Crippen molar-refractivity contribution in [1.82, 2.24) is 0 Å². The summed E-state index contributed by atoms with van der Waals surface area (Å²) in [6.45, 7) is 4.25. The van der Waals surface area contributed by atoms with Gasteiger partial charge in [-0.25, -0.2) is 8.78 Å². The number of benzene rings is 1. The van der Waals surface area contributed by atoms with E-state index in [4.69, 9.17) is 0 Å². The van der Waals surface area contributed by atoms with Crippen molar-refractivity contribution >= 4 is 5.78 Å². The predicted molar refractivity (Wildman–Crippen MR) is 70.8 cm³/mol. The zero-order valence-electron chi connectivity index (χ0n) is 11.5. The van der Waals surface area contributed by atoms with Crippen molar-refractivity contribution in [3.8, 4) is 0 Å². The zero-order valence-corrected chi connectivity index (χ0v) is 11.5. The molecule has 0 aromatic heterocycles. The first-order chi connectivity index (χ1) is 8.90. The molecule has 104 valence electrons. The standard InChI is InChI=1S/C16H20F2O/c1-16(2)8-4-3-5-12(16)15(19)10-11-6-7-13(17)14(18)9-11/h6-7,9,12H,3-5,8,10H2,1-2H3. The monoisotopic (exact) mass is 266 g/mol. The summed E-state index contributed by atoms with van der Waals surface area (Å²) in [5, 5.41) is 0. The zero-order chi connectivity index (χ0) is 14.0. The molecule has 0 N–H and O–H groups in total. The second kappa shape index (κ2) is 5.40. The molecule has 0 bridgehead atoms. The van der Waals surface area contributed by atoms with Gasteiger partial charge >= 0.3 is 0 Å². The molecule has 1 aliphatic carbocycles. The molecule has 1 saturated carbocycles. The summed E-state index contributed by atoms with van der Waals surface area (Å²) in [7, 11) is 0. The summed E-state index contributed by atoms with van der Waals surface area (Å²) in [6, 6.07) is 3.71. The third-order valence-electron chi connectivity index (χ3n) is 4.26. The number of ketones is 1. The molecule has 1 aromatic carbocycles. The van der Waals surface area contributed by atoms with Crippen molar-refractivity contribution in [2.24, 2.45) is 11.3 Å². The van der Waals surface area contributed by atoms with Crippen LogP contribution in [0.4, 0.5) is 8.78 Å². The van der Waals surface area contributed by atoms with E-state index in [1.54, 1.807) is 0 Å². The largest absolute Gasteiger partial charge is 0.299 e. The second-order valence-electron chi connectivity index (χ2n) is 6.18. The molecule has 1 fully saturated rings. The first-order valence-electron chi connectivity index (χ1n) is 6.87. The van der Waals surface area contributed by atoms with Gasteiger partial charge in [-0.15, -0.1) is 0 Å². The number of carbonyl (C=O) groups excluding carboxylic acids is 1. The van der Waals surface area contributed by atoms with Crippen molar-refractivity contribution in [2.45, 2.75) is 46.0 Å². The lowest BCUT2D eigenvalue weighted by Gasteiger charge is -2.37. The normalized spacial score (nSPS) is 22.2. The Morgan fingerprint density at radius 1 is 1.26 bits per heavy atom. The van der Waals surface area contributed by atoms with Gasteiger partial charge in [-0.3, -0.25) is 4.79 Å². The van der Waals surface area contributed by atoms with Gasteiger partial charge in [0.25, 0.3) is 0 Å². The number of Topliss-reactive ketones (excluding diaryl/α,β-unsaturated/α-hetero) is 1. The van der Waals surface area contributed by atoms with E-state index >= 15 is 0 Å². The van der Waals surface area contributed by atoms with Crippen LogP contribution in [0.3, 0.4) is 0 Å². The van der Waals surface area contributed by atoms with Crippen LogP contribution in [0.1, 0.15) is 45.1 Å². The average Bonchev–Trinajstić information content (AvgIpc) is 2.33. The maximum atomic E-state index is 13.1.